The van der Waals surface area contributed by atoms with Crippen LogP contribution in [0.3, 0.4) is 0 Å². The van der Waals surface area contributed by atoms with Gasteiger partial charge in [0.2, 0.25) is 0 Å². The standard InChI is InChI=1S/C16H27N3O/c1-4-16(20)7-9-18-8-5-6-15(12-18)19-11-14(10-17-19)13(2)3/h10-11,13,15H,4-9,12H2,1-3H3. The number of ketones is 1. The Labute approximate surface area is 122 Å². The molecule has 2 heterocycles. The van der Waals surface area contributed by atoms with Crippen molar-refractivity contribution in [2.75, 3.05) is 19.6 Å². The predicted octanol–water partition coefficient (Wildman–Crippen LogP) is 3.01. The predicted molar refractivity (Wildman–Crippen MR) is 80.9 cm³/mol. The molecule has 0 amide bonds. The molecule has 1 atom stereocenters. The van der Waals surface area contributed by atoms with E-state index in [1.54, 1.807) is 0 Å². The van der Waals surface area contributed by atoms with Crippen molar-refractivity contribution in [1.29, 1.82) is 0 Å². The van der Waals surface area contributed by atoms with Gasteiger partial charge in [0.05, 0.1) is 12.2 Å². The number of carbonyl (C=O) groups excluding carboxylic acids is 1. The molecule has 0 bridgehead atoms. The Bertz CT molecular complexity index is 439. The summed E-state index contributed by atoms with van der Waals surface area (Å²) in [6.45, 7) is 9.39. The molecule has 1 fully saturated rings. The van der Waals surface area contributed by atoms with Gasteiger partial charge in [-0.3, -0.25) is 9.48 Å². The number of aromatic nitrogens is 2. The lowest BCUT2D eigenvalue weighted by Gasteiger charge is -2.32. The summed E-state index contributed by atoms with van der Waals surface area (Å²) in [5.41, 5.74) is 1.31. The highest BCUT2D eigenvalue weighted by Gasteiger charge is 2.22. The number of rotatable bonds is 6. The van der Waals surface area contributed by atoms with Crippen LogP contribution in [-0.4, -0.2) is 40.1 Å². The van der Waals surface area contributed by atoms with Crippen molar-refractivity contribution in [3.8, 4) is 0 Å². The zero-order valence-corrected chi connectivity index (χ0v) is 13.0. The Morgan fingerprint density at radius 3 is 2.95 bits per heavy atom. The van der Waals surface area contributed by atoms with E-state index in [1.165, 1.54) is 18.4 Å². The maximum atomic E-state index is 11.4. The van der Waals surface area contributed by atoms with Gasteiger partial charge < -0.3 is 4.90 Å². The summed E-state index contributed by atoms with van der Waals surface area (Å²) in [5.74, 6) is 0.902. The van der Waals surface area contributed by atoms with Gasteiger partial charge in [0, 0.05) is 32.1 Å². The number of hydrogen-bond acceptors (Lipinski definition) is 3. The molecule has 1 aromatic heterocycles. The molecule has 0 saturated carbocycles. The van der Waals surface area contributed by atoms with Gasteiger partial charge in [-0.25, -0.2) is 0 Å². The molecule has 1 aliphatic rings. The van der Waals surface area contributed by atoms with Crippen molar-refractivity contribution >= 4 is 5.78 Å². The highest BCUT2D eigenvalue weighted by Crippen LogP contribution is 2.23. The summed E-state index contributed by atoms with van der Waals surface area (Å²) in [5, 5.41) is 4.53. The summed E-state index contributed by atoms with van der Waals surface area (Å²) in [6, 6.07) is 0.466. The Morgan fingerprint density at radius 1 is 1.50 bits per heavy atom. The molecule has 0 aromatic carbocycles. The molecule has 1 aromatic rings. The SMILES string of the molecule is CCC(=O)CCN1CCCC(n2cc(C(C)C)cn2)C1. The van der Waals surface area contributed by atoms with Crippen LogP contribution in [-0.2, 0) is 4.79 Å². The lowest BCUT2D eigenvalue weighted by molar-refractivity contribution is -0.119. The summed E-state index contributed by atoms with van der Waals surface area (Å²) in [4.78, 5) is 13.9. The van der Waals surface area contributed by atoms with Crippen LogP contribution >= 0.6 is 0 Å². The molecular formula is C16H27N3O. The zero-order chi connectivity index (χ0) is 14.5. The highest BCUT2D eigenvalue weighted by molar-refractivity contribution is 5.78. The molecule has 0 N–H and O–H groups in total. The van der Waals surface area contributed by atoms with Crippen LogP contribution in [0, 0.1) is 0 Å². The van der Waals surface area contributed by atoms with E-state index in [9.17, 15) is 4.79 Å². The smallest absolute Gasteiger partial charge is 0.133 e. The molecule has 1 saturated heterocycles. The second-order valence-electron chi connectivity index (χ2n) is 6.15. The molecule has 1 unspecified atom stereocenters. The van der Waals surface area contributed by atoms with E-state index in [0.29, 0.717) is 30.6 Å². The van der Waals surface area contributed by atoms with Crippen LogP contribution in [0.4, 0.5) is 0 Å². The molecular weight excluding hydrogens is 250 g/mol. The fourth-order valence-electron chi connectivity index (χ4n) is 2.76. The third kappa shape index (κ3) is 3.92. The van der Waals surface area contributed by atoms with Crippen LogP contribution in [0.5, 0.6) is 0 Å². The summed E-state index contributed by atoms with van der Waals surface area (Å²) >= 11 is 0. The van der Waals surface area contributed by atoms with Crippen LogP contribution in [0.15, 0.2) is 12.4 Å². The average Bonchev–Trinajstić information content (AvgIpc) is 2.95. The van der Waals surface area contributed by atoms with Gasteiger partial charge in [0.15, 0.2) is 0 Å². The molecule has 0 spiro atoms. The van der Waals surface area contributed by atoms with E-state index in [2.05, 4.69) is 34.7 Å². The van der Waals surface area contributed by atoms with Gasteiger partial charge >= 0.3 is 0 Å². The van der Waals surface area contributed by atoms with Crippen LogP contribution in [0.2, 0.25) is 0 Å². The number of carbonyl (C=O) groups is 1. The second kappa shape index (κ2) is 7.02. The van der Waals surface area contributed by atoms with Crippen molar-refractivity contribution < 1.29 is 4.79 Å². The van der Waals surface area contributed by atoms with E-state index in [-0.39, 0.29) is 0 Å². The molecule has 4 nitrogen and oxygen atoms in total. The zero-order valence-electron chi connectivity index (χ0n) is 13.0. The minimum Gasteiger partial charge on any atom is -0.301 e. The van der Waals surface area contributed by atoms with E-state index in [4.69, 9.17) is 0 Å². The number of piperidine rings is 1. The summed E-state index contributed by atoms with van der Waals surface area (Å²) in [7, 11) is 0. The third-order valence-corrected chi connectivity index (χ3v) is 4.24. The van der Waals surface area contributed by atoms with Crippen molar-refractivity contribution in [1.82, 2.24) is 14.7 Å². The van der Waals surface area contributed by atoms with Gasteiger partial charge in [-0.2, -0.15) is 5.10 Å². The number of nitrogens with zero attached hydrogens (tertiary/aromatic N) is 3. The van der Waals surface area contributed by atoms with Crippen molar-refractivity contribution in [2.45, 2.75) is 58.4 Å². The maximum Gasteiger partial charge on any atom is 0.133 e. The molecule has 112 valence electrons. The first-order valence-electron chi connectivity index (χ1n) is 7.88. The minimum atomic E-state index is 0.369. The van der Waals surface area contributed by atoms with Gasteiger partial charge in [0.1, 0.15) is 5.78 Å². The number of Topliss-reactive ketones (excluding diaryl/α,β-unsaturated/α-hetero) is 1. The first-order valence-corrected chi connectivity index (χ1v) is 7.88. The molecule has 0 radical (unpaired) electrons. The molecule has 4 heteroatoms. The quantitative estimate of drug-likeness (QED) is 0.802. The molecule has 2 rings (SSSR count). The Hall–Kier alpha value is -1.16. The summed E-state index contributed by atoms with van der Waals surface area (Å²) in [6.07, 6.45) is 7.92. The average molecular weight is 277 g/mol. The van der Waals surface area contributed by atoms with Gasteiger partial charge in [0.25, 0.3) is 0 Å². The van der Waals surface area contributed by atoms with Gasteiger partial charge in [-0.1, -0.05) is 20.8 Å². The fraction of sp³-hybridized carbons (Fsp3) is 0.750. The Balaban J connectivity index is 1.90. The van der Waals surface area contributed by atoms with Crippen molar-refractivity contribution in [3.63, 3.8) is 0 Å². The third-order valence-electron chi connectivity index (χ3n) is 4.24. The highest BCUT2D eigenvalue weighted by atomic mass is 16.1. The van der Waals surface area contributed by atoms with Crippen LogP contribution in [0.25, 0.3) is 0 Å². The molecule has 1 aliphatic heterocycles. The van der Waals surface area contributed by atoms with Crippen molar-refractivity contribution in [2.24, 2.45) is 0 Å². The van der Waals surface area contributed by atoms with Crippen LogP contribution in [0.1, 0.15) is 64.0 Å². The van der Waals surface area contributed by atoms with Gasteiger partial charge in [-0.15, -0.1) is 0 Å². The number of likely N-dealkylation sites (tertiary alicyclic amines) is 1. The van der Waals surface area contributed by atoms with Crippen molar-refractivity contribution in [3.05, 3.63) is 18.0 Å². The largest absolute Gasteiger partial charge is 0.301 e. The minimum absolute atomic E-state index is 0.369. The van der Waals surface area contributed by atoms with Gasteiger partial charge in [-0.05, 0) is 30.9 Å². The van der Waals surface area contributed by atoms with E-state index < -0.39 is 0 Å². The van der Waals surface area contributed by atoms with E-state index >= 15 is 0 Å². The van der Waals surface area contributed by atoms with E-state index in [1.807, 2.05) is 13.1 Å². The summed E-state index contributed by atoms with van der Waals surface area (Å²) < 4.78 is 2.13. The lowest BCUT2D eigenvalue weighted by atomic mass is 10.0. The van der Waals surface area contributed by atoms with E-state index in [0.717, 1.165) is 19.6 Å². The fourth-order valence-corrected chi connectivity index (χ4v) is 2.76. The van der Waals surface area contributed by atoms with Crippen LogP contribution < -0.4 is 0 Å². The number of hydrogen-bond donors (Lipinski definition) is 0. The first-order chi connectivity index (χ1) is 9.60. The normalized spacial score (nSPS) is 20.5. The Morgan fingerprint density at radius 2 is 2.30 bits per heavy atom. The Kier molecular flexibility index (Phi) is 5.35. The molecule has 0 aliphatic carbocycles. The maximum absolute atomic E-state index is 11.4. The molecule has 20 heavy (non-hydrogen) atoms. The lowest BCUT2D eigenvalue weighted by Crippen LogP contribution is -2.37. The monoisotopic (exact) mass is 277 g/mol. The second-order valence-corrected chi connectivity index (χ2v) is 6.15. The topological polar surface area (TPSA) is 38.1 Å². The first kappa shape index (κ1) is 15.2.